The van der Waals surface area contributed by atoms with E-state index in [-0.39, 0.29) is 11.7 Å². The Kier molecular flexibility index (Phi) is 9.02. The van der Waals surface area contributed by atoms with Gasteiger partial charge in [-0.15, -0.1) is 0 Å². The molecule has 1 N–H and O–H groups in total. The lowest BCUT2D eigenvalue weighted by Crippen LogP contribution is -2.24. The molecule has 3 aromatic carbocycles. The van der Waals surface area contributed by atoms with Crippen LogP contribution in [0.25, 0.3) is 0 Å². The second-order valence-corrected chi connectivity index (χ2v) is 10.8. The molecule has 1 amide bonds. The lowest BCUT2D eigenvalue weighted by molar-refractivity contribution is 0.0951. The van der Waals surface area contributed by atoms with Gasteiger partial charge in [-0.25, -0.2) is 8.42 Å². The van der Waals surface area contributed by atoms with Crippen molar-refractivity contribution in [1.82, 2.24) is 10.2 Å². The standard InChI is InChI=1S/C28H34N2O3S/c1-4-18-30(21-26-9-7-6-8-22(26)3)20-24-10-14-25(15-11-24)28(31)29-19-23-12-16-27(17-13-23)34(32,33)5-2/h6-17H,4-5,18-21H2,1-3H3,(H,29,31). The van der Waals surface area contributed by atoms with Crippen LogP contribution in [-0.4, -0.2) is 31.5 Å². The second kappa shape index (κ2) is 12.0. The average Bonchev–Trinajstić information content (AvgIpc) is 2.85. The summed E-state index contributed by atoms with van der Waals surface area (Å²) < 4.78 is 23.9. The molecule has 0 saturated carbocycles. The summed E-state index contributed by atoms with van der Waals surface area (Å²) in [5.41, 5.74) is 5.28. The Morgan fingerprint density at radius 3 is 2.12 bits per heavy atom. The average molecular weight is 479 g/mol. The predicted octanol–water partition coefficient (Wildman–Crippen LogP) is 5.13. The SMILES string of the molecule is CCCN(Cc1ccc(C(=O)NCc2ccc(S(=O)(=O)CC)cc2)cc1)Cc1ccccc1C. The van der Waals surface area contributed by atoms with Gasteiger partial charge in [0.15, 0.2) is 9.84 Å². The second-order valence-electron chi connectivity index (χ2n) is 8.56. The molecule has 0 unspecified atom stereocenters. The van der Waals surface area contributed by atoms with Gasteiger partial charge in [0.2, 0.25) is 0 Å². The third kappa shape index (κ3) is 7.02. The molecule has 0 bridgehead atoms. The van der Waals surface area contributed by atoms with Crippen LogP contribution >= 0.6 is 0 Å². The van der Waals surface area contributed by atoms with Crippen LogP contribution in [0.1, 0.15) is 52.9 Å². The Bertz CT molecular complexity index is 1190. The summed E-state index contributed by atoms with van der Waals surface area (Å²) in [6, 6.07) is 22.9. The highest BCUT2D eigenvalue weighted by molar-refractivity contribution is 7.91. The first-order valence-electron chi connectivity index (χ1n) is 11.8. The molecule has 0 atom stereocenters. The van der Waals surface area contributed by atoms with Crippen molar-refractivity contribution >= 4 is 15.7 Å². The van der Waals surface area contributed by atoms with E-state index in [2.05, 4.69) is 48.3 Å². The predicted molar refractivity (Wildman–Crippen MR) is 137 cm³/mol. The van der Waals surface area contributed by atoms with Gasteiger partial charge in [-0.05, 0) is 66.4 Å². The van der Waals surface area contributed by atoms with Crippen LogP contribution < -0.4 is 5.32 Å². The molecule has 0 heterocycles. The molecule has 0 aromatic heterocycles. The molecule has 0 saturated heterocycles. The summed E-state index contributed by atoms with van der Waals surface area (Å²) >= 11 is 0. The number of aryl methyl sites for hydroxylation is 1. The molecular formula is C28H34N2O3S. The van der Waals surface area contributed by atoms with Crippen molar-refractivity contribution in [1.29, 1.82) is 0 Å². The normalized spacial score (nSPS) is 11.5. The lowest BCUT2D eigenvalue weighted by atomic mass is 10.1. The van der Waals surface area contributed by atoms with E-state index in [1.54, 1.807) is 31.2 Å². The Labute approximate surface area is 203 Å². The van der Waals surface area contributed by atoms with Crippen LogP contribution in [0, 0.1) is 6.92 Å². The first-order chi connectivity index (χ1) is 16.3. The minimum Gasteiger partial charge on any atom is -0.348 e. The molecule has 0 aliphatic carbocycles. The smallest absolute Gasteiger partial charge is 0.251 e. The Morgan fingerprint density at radius 1 is 0.853 bits per heavy atom. The van der Waals surface area contributed by atoms with Crippen LogP contribution in [0.2, 0.25) is 0 Å². The minimum absolute atomic E-state index is 0.0706. The Balaban J connectivity index is 1.57. The van der Waals surface area contributed by atoms with Crippen molar-refractivity contribution in [2.45, 2.75) is 51.7 Å². The molecular weight excluding hydrogens is 444 g/mol. The quantitative estimate of drug-likeness (QED) is 0.415. The van der Waals surface area contributed by atoms with E-state index in [4.69, 9.17) is 0 Å². The summed E-state index contributed by atoms with van der Waals surface area (Å²) in [5.74, 6) is -0.0802. The van der Waals surface area contributed by atoms with Crippen LogP contribution in [0.3, 0.4) is 0 Å². The molecule has 0 aliphatic heterocycles. The third-order valence-electron chi connectivity index (χ3n) is 5.93. The number of benzene rings is 3. The maximum Gasteiger partial charge on any atom is 0.251 e. The van der Waals surface area contributed by atoms with Gasteiger partial charge in [0.1, 0.15) is 0 Å². The number of amides is 1. The molecule has 0 aliphatic rings. The van der Waals surface area contributed by atoms with Crippen molar-refractivity contribution in [3.05, 3.63) is 101 Å². The van der Waals surface area contributed by atoms with Crippen molar-refractivity contribution in [2.24, 2.45) is 0 Å². The molecule has 180 valence electrons. The zero-order chi connectivity index (χ0) is 24.6. The van der Waals surface area contributed by atoms with Crippen LogP contribution in [0.4, 0.5) is 0 Å². The zero-order valence-electron chi connectivity index (χ0n) is 20.3. The van der Waals surface area contributed by atoms with Gasteiger partial charge in [0.25, 0.3) is 5.91 Å². The maximum absolute atomic E-state index is 12.6. The molecule has 34 heavy (non-hydrogen) atoms. The summed E-state index contributed by atoms with van der Waals surface area (Å²) in [6.45, 7) is 9.05. The summed E-state index contributed by atoms with van der Waals surface area (Å²) in [4.78, 5) is 15.3. The highest BCUT2D eigenvalue weighted by Crippen LogP contribution is 2.15. The van der Waals surface area contributed by atoms with Gasteiger partial charge in [0.05, 0.1) is 10.6 Å². The third-order valence-corrected chi connectivity index (χ3v) is 7.68. The fraction of sp³-hybridized carbons (Fsp3) is 0.321. The number of rotatable bonds is 11. The zero-order valence-corrected chi connectivity index (χ0v) is 21.1. The highest BCUT2D eigenvalue weighted by Gasteiger charge is 2.12. The van der Waals surface area contributed by atoms with Gasteiger partial charge in [-0.1, -0.05) is 62.4 Å². The Morgan fingerprint density at radius 2 is 1.50 bits per heavy atom. The summed E-state index contributed by atoms with van der Waals surface area (Å²) in [6.07, 6.45) is 1.08. The number of hydrogen-bond acceptors (Lipinski definition) is 4. The van der Waals surface area contributed by atoms with Gasteiger partial charge in [-0.2, -0.15) is 0 Å². The molecule has 5 nitrogen and oxygen atoms in total. The van der Waals surface area contributed by atoms with Crippen molar-refractivity contribution in [2.75, 3.05) is 12.3 Å². The Hall–Kier alpha value is -2.96. The molecule has 3 aromatic rings. The van der Waals surface area contributed by atoms with Gasteiger partial charge >= 0.3 is 0 Å². The summed E-state index contributed by atoms with van der Waals surface area (Å²) in [5, 5.41) is 2.91. The topological polar surface area (TPSA) is 66.5 Å². The van der Waals surface area contributed by atoms with E-state index in [0.29, 0.717) is 17.0 Å². The van der Waals surface area contributed by atoms with Gasteiger partial charge < -0.3 is 5.32 Å². The summed E-state index contributed by atoms with van der Waals surface area (Å²) in [7, 11) is -3.22. The van der Waals surface area contributed by atoms with Crippen LogP contribution in [-0.2, 0) is 29.5 Å². The lowest BCUT2D eigenvalue weighted by Gasteiger charge is -2.23. The first kappa shape index (κ1) is 25.7. The molecule has 3 rings (SSSR count). The fourth-order valence-electron chi connectivity index (χ4n) is 3.84. The number of nitrogens with one attached hydrogen (secondary N) is 1. The number of carbonyl (C=O) groups is 1. The molecule has 0 radical (unpaired) electrons. The molecule has 6 heteroatoms. The minimum atomic E-state index is -3.22. The number of hydrogen-bond donors (Lipinski definition) is 1. The van der Waals surface area contributed by atoms with Crippen LogP contribution in [0.5, 0.6) is 0 Å². The van der Waals surface area contributed by atoms with E-state index < -0.39 is 9.84 Å². The molecule has 0 spiro atoms. The van der Waals surface area contributed by atoms with Crippen molar-refractivity contribution in [3.63, 3.8) is 0 Å². The van der Waals surface area contributed by atoms with Gasteiger partial charge in [0, 0.05) is 25.2 Å². The number of carbonyl (C=O) groups excluding carboxylic acids is 1. The van der Waals surface area contributed by atoms with Crippen molar-refractivity contribution < 1.29 is 13.2 Å². The number of sulfone groups is 1. The van der Waals surface area contributed by atoms with Crippen LogP contribution in [0.15, 0.2) is 77.7 Å². The van der Waals surface area contributed by atoms with E-state index >= 15 is 0 Å². The highest BCUT2D eigenvalue weighted by atomic mass is 32.2. The maximum atomic E-state index is 12.6. The van der Waals surface area contributed by atoms with E-state index in [1.807, 2.05) is 24.3 Å². The van der Waals surface area contributed by atoms with E-state index in [1.165, 1.54) is 16.7 Å². The van der Waals surface area contributed by atoms with Crippen molar-refractivity contribution in [3.8, 4) is 0 Å². The van der Waals surface area contributed by atoms with E-state index in [9.17, 15) is 13.2 Å². The fourth-order valence-corrected chi connectivity index (χ4v) is 4.73. The number of nitrogens with zero attached hydrogens (tertiary/aromatic N) is 1. The van der Waals surface area contributed by atoms with Gasteiger partial charge in [-0.3, -0.25) is 9.69 Å². The van der Waals surface area contributed by atoms with E-state index in [0.717, 1.165) is 31.6 Å². The molecule has 0 fully saturated rings. The first-order valence-corrected chi connectivity index (χ1v) is 13.4. The largest absolute Gasteiger partial charge is 0.348 e. The monoisotopic (exact) mass is 478 g/mol.